The fraction of sp³-hybridized carbons (Fsp3) is 0.316. The first-order chi connectivity index (χ1) is 12.5. The number of carbonyl (C=O) groups excluding carboxylic acids is 1. The van der Waals surface area contributed by atoms with E-state index in [-0.39, 0.29) is 12.5 Å². The van der Waals surface area contributed by atoms with Crippen molar-refractivity contribution in [2.24, 2.45) is 0 Å². The fourth-order valence-corrected chi connectivity index (χ4v) is 3.31. The minimum Gasteiger partial charge on any atom is -0.483 e. The number of aromatic nitrogens is 2. The summed E-state index contributed by atoms with van der Waals surface area (Å²) in [5.41, 5.74) is 3.67. The van der Waals surface area contributed by atoms with E-state index in [2.05, 4.69) is 9.97 Å². The number of imidazole rings is 1. The van der Waals surface area contributed by atoms with Crippen molar-refractivity contribution in [3.05, 3.63) is 57.5 Å². The Hall–Kier alpha value is -3.09. The Balaban J connectivity index is 1.50. The lowest BCUT2D eigenvalue weighted by molar-refractivity contribution is -0.134. The molecule has 26 heavy (non-hydrogen) atoms. The molecule has 0 spiro atoms. The van der Waals surface area contributed by atoms with Crippen molar-refractivity contribution in [3.8, 4) is 5.75 Å². The monoisotopic (exact) mass is 353 g/mol. The highest BCUT2D eigenvalue weighted by Crippen LogP contribution is 2.28. The lowest BCUT2D eigenvalue weighted by Gasteiger charge is -2.26. The van der Waals surface area contributed by atoms with Crippen LogP contribution in [0.3, 0.4) is 0 Å². The predicted molar refractivity (Wildman–Crippen MR) is 95.2 cm³/mol. The summed E-state index contributed by atoms with van der Waals surface area (Å²) in [6.07, 6.45) is 2.40. The molecule has 134 valence electrons. The number of benzene rings is 1. The summed E-state index contributed by atoms with van der Waals surface area (Å²) in [7, 11) is 0. The average Bonchev–Trinajstić information content (AvgIpc) is 3.09. The molecule has 4 rings (SSSR count). The molecule has 1 aliphatic rings. The number of ether oxygens (including phenoxy) is 1. The van der Waals surface area contributed by atoms with Crippen molar-refractivity contribution in [2.75, 3.05) is 13.2 Å². The highest BCUT2D eigenvalue weighted by Gasteiger charge is 2.23. The van der Waals surface area contributed by atoms with Crippen LogP contribution in [0.25, 0.3) is 11.0 Å². The van der Waals surface area contributed by atoms with Gasteiger partial charge in [0.1, 0.15) is 11.3 Å². The summed E-state index contributed by atoms with van der Waals surface area (Å²) < 4.78 is 11.1. The van der Waals surface area contributed by atoms with Crippen molar-refractivity contribution in [1.29, 1.82) is 0 Å². The summed E-state index contributed by atoms with van der Waals surface area (Å²) >= 11 is 0. The molecule has 1 N–H and O–H groups in total. The van der Waals surface area contributed by atoms with Crippen LogP contribution >= 0.6 is 0 Å². The quantitative estimate of drug-likeness (QED) is 0.729. The van der Waals surface area contributed by atoms with E-state index in [1.807, 2.05) is 19.9 Å². The van der Waals surface area contributed by atoms with E-state index in [1.165, 1.54) is 6.07 Å². The Bertz CT molecular complexity index is 1050. The van der Waals surface area contributed by atoms with Gasteiger partial charge in [0.25, 0.3) is 5.91 Å². The standard InChI is InChI=1S/C19H19N3O4/c1-11-7-18(24)26-19-12(2)16(4-3-13(11)19)25-9-17(23)22-6-5-14-15(8-22)21-10-20-14/h3-4,7,10H,5-6,8-9H2,1-2H3,(H,20,21). The summed E-state index contributed by atoms with van der Waals surface area (Å²) in [5.74, 6) is 0.453. The van der Waals surface area contributed by atoms with Crippen molar-refractivity contribution in [2.45, 2.75) is 26.8 Å². The molecule has 3 heterocycles. The van der Waals surface area contributed by atoms with Gasteiger partial charge in [-0.3, -0.25) is 4.79 Å². The number of aromatic amines is 1. The molecule has 3 aromatic rings. The molecule has 7 nitrogen and oxygen atoms in total. The van der Waals surface area contributed by atoms with E-state index >= 15 is 0 Å². The maximum atomic E-state index is 12.5. The number of nitrogens with one attached hydrogen (secondary N) is 1. The third-order valence-corrected chi connectivity index (χ3v) is 4.80. The van der Waals surface area contributed by atoms with Crippen LogP contribution < -0.4 is 10.4 Å². The normalized spacial score (nSPS) is 13.7. The fourth-order valence-electron chi connectivity index (χ4n) is 3.31. The van der Waals surface area contributed by atoms with Crippen molar-refractivity contribution in [1.82, 2.24) is 14.9 Å². The third-order valence-electron chi connectivity index (χ3n) is 4.80. The average molecular weight is 353 g/mol. The number of hydrogen-bond donors (Lipinski definition) is 1. The Morgan fingerprint density at radius 2 is 2.23 bits per heavy atom. The first kappa shape index (κ1) is 16.4. The first-order valence-electron chi connectivity index (χ1n) is 8.48. The first-order valence-corrected chi connectivity index (χ1v) is 8.48. The van der Waals surface area contributed by atoms with Gasteiger partial charge in [0.15, 0.2) is 6.61 Å². The molecular formula is C19H19N3O4. The number of fused-ring (bicyclic) bond motifs is 2. The molecule has 1 aromatic carbocycles. The number of H-pyrrole nitrogens is 1. The van der Waals surface area contributed by atoms with Gasteiger partial charge in [0.05, 0.1) is 24.3 Å². The minimum atomic E-state index is -0.394. The molecule has 0 radical (unpaired) electrons. The van der Waals surface area contributed by atoms with E-state index in [9.17, 15) is 9.59 Å². The number of hydrogen-bond acceptors (Lipinski definition) is 5. The van der Waals surface area contributed by atoms with Crippen LogP contribution in [0.5, 0.6) is 5.75 Å². The van der Waals surface area contributed by atoms with Crippen molar-refractivity contribution >= 4 is 16.9 Å². The molecule has 0 saturated heterocycles. The molecule has 0 saturated carbocycles. The van der Waals surface area contributed by atoms with Gasteiger partial charge >= 0.3 is 5.63 Å². The van der Waals surface area contributed by atoms with Gasteiger partial charge in [-0.1, -0.05) is 0 Å². The number of aryl methyl sites for hydroxylation is 2. The maximum absolute atomic E-state index is 12.5. The molecule has 7 heteroatoms. The van der Waals surface area contributed by atoms with Gasteiger partial charge in [-0.2, -0.15) is 0 Å². The van der Waals surface area contributed by atoms with E-state index in [0.29, 0.717) is 30.0 Å². The van der Waals surface area contributed by atoms with Gasteiger partial charge in [-0.05, 0) is 31.5 Å². The number of carbonyl (C=O) groups is 1. The molecule has 1 aliphatic heterocycles. The second-order valence-electron chi connectivity index (χ2n) is 6.50. The Morgan fingerprint density at radius 3 is 3.08 bits per heavy atom. The summed E-state index contributed by atoms with van der Waals surface area (Å²) in [6, 6.07) is 5.12. The Labute approximate surface area is 149 Å². The summed E-state index contributed by atoms with van der Waals surface area (Å²) in [5, 5.41) is 0.864. The second kappa shape index (κ2) is 6.33. The molecule has 0 fully saturated rings. The lowest BCUT2D eigenvalue weighted by atomic mass is 10.1. The zero-order valence-electron chi connectivity index (χ0n) is 14.7. The van der Waals surface area contributed by atoms with Crippen LogP contribution in [0, 0.1) is 13.8 Å². The molecule has 0 unspecified atom stereocenters. The van der Waals surface area contributed by atoms with Crippen LogP contribution in [-0.4, -0.2) is 33.9 Å². The van der Waals surface area contributed by atoms with Crippen LogP contribution in [0.4, 0.5) is 0 Å². The molecule has 0 aliphatic carbocycles. The number of nitrogens with zero attached hydrogens (tertiary/aromatic N) is 2. The van der Waals surface area contributed by atoms with Crippen LogP contribution in [0.1, 0.15) is 22.5 Å². The third kappa shape index (κ3) is 2.85. The highest BCUT2D eigenvalue weighted by molar-refractivity contribution is 5.85. The van der Waals surface area contributed by atoms with Crippen LogP contribution in [0.15, 0.2) is 33.7 Å². The van der Waals surface area contributed by atoms with Gasteiger partial charge in [0.2, 0.25) is 0 Å². The topological polar surface area (TPSA) is 88.4 Å². The zero-order chi connectivity index (χ0) is 18.3. The highest BCUT2D eigenvalue weighted by atomic mass is 16.5. The van der Waals surface area contributed by atoms with E-state index in [1.54, 1.807) is 17.3 Å². The molecule has 1 amide bonds. The smallest absolute Gasteiger partial charge is 0.336 e. The van der Waals surface area contributed by atoms with Crippen molar-refractivity contribution < 1.29 is 13.9 Å². The lowest BCUT2D eigenvalue weighted by Crippen LogP contribution is -2.38. The Kier molecular flexibility index (Phi) is 3.99. The number of amides is 1. The molecule has 2 aromatic heterocycles. The van der Waals surface area contributed by atoms with Crippen LogP contribution in [-0.2, 0) is 17.8 Å². The maximum Gasteiger partial charge on any atom is 0.336 e. The minimum absolute atomic E-state index is 0.0636. The number of rotatable bonds is 3. The molecule has 0 bridgehead atoms. The molecule has 0 atom stereocenters. The van der Waals surface area contributed by atoms with Gasteiger partial charge in [-0.25, -0.2) is 9.78 Å². The second-order valence-corrected chi connectivity index (χ2v) is 6.50. The summed E-state index contributed by atoms with van der Waals surface area (Å²) in [6.45, 7) is 4.77. The predicted octanol–water partition coefficient (Wildman–Crippen LogP) is 2.10. The molecular weight excluding hydrogens is 334 g/mol. The largest absolute Gasteiger partial charge is 0.483 e. The van der Waals surface area contributed by atoms with Gasteiger partial charge in [-0.15, -0.1) is 0 Å². The van der Waals surface area contributed by atoms with Crippen molar-refractivity contribution in [3.63, 3.8) is 0 Å². The Morgan fingerprint density at radius 1 is 1.38 bits per heavy atom. The van der Waals surface area contributed by atoms with Gasteiger partial charge < -0.3 is 19.0 Å². The van der Waals surface area contributed by atoms with Crippen LogP contribution in [0.2, 0.25) is 0 Å². The van der Waals surface area contributed by atoms with E-state index in [0.717, 1.165) is 28.8 Å². The zero-order valence-corrected chi connectivity index (χ0v) is 14.7. The van der Waals surface area contributed by atoms with E-state index in [4.69, 9.17) is 9.15 Å². The SMILES string of the molecule is Cc1cc(=O)oc2c(C)c(OCC(=O)N3CCc4nc[nH]c4C3)ccc12. The summed E-state index contributed by atoms with van der Waals surface area (Å²) in [4.78, 5) is 33.2. The van der Waals surface area contributed by atoms with E-state index < -0.39 is 5.63 Å². The van der Waals surface area contributed by atoms with Gasteiger partial charge in [0, 0.05) is 30.0 Å².